The van der Waals surface area contributed by atoms with E-state index in [0.29, 0.717) is 21.6 Å². The number of halogens is 1. The molecule has 0 aliphatic rings. The molecule has 2 aromatic carbocycles. The SMILES string of the molecule is COc1ccc(NC(=O)Nc2nnc(COc3ccccc3F)s2)cc1. The molecule has 0 saturated carbocycles. The molecule has 1 heterocycles. The van der Waals surface area contributed by atoms with Crippen LogP contribution in [0.25, 0.3) is 0 Å². The number of rotatable bonds is 6. The number of anilines is 2. The highest BCUT2D eigenvalue weighted by atomic mass is 32.1. The van der Waals surface area contributed by atoms with Gasteiger partial charge in [0, 0.05) is 5.69 Å². The van der Waals surface area contributed by atoms with E-state index in [0.717, 1.165) is 11.3 Å². The average molecular weight is 374 g/mol. The zero-order valence-corrected chi connectivity index (χ0v) is 14.5. The summed E-state index contributed by atoms with van der Waals surface area (Å²) in [4.78, 5) is 12.0. The van der Waals surface area contributed by atoms with Crippen LogP contribution >= 0.6 is 11.3 Å². The second-order valence-corrected chi connectivity index (χ2v) is 6.09. The molecule has 2 amide bonds. The lowest BCUT2D eigenvalue weighted by Crippen LogP contribution is -2.19. The summed E-state index contributed by atoms with van der Waals surface area (Å²) in [6.07, 6.45) is 0. The van der Waals surface area contributed by atoms with Crippen molar-refractivity contribution in [1.29, 1.82) is 0 Å². The molecule has 2 N–H and O–H groups in total. The van der Waals surface area contributed by atoms with Crippen LogP contribution in [0.5, 0.6) is 11.5 Å². The maximum atomic E-state index is 13.5. The normalized spacial score (nSPS) is 10.2. The second kappa shape index (κ2) is 8.26. The first-order chi connectivity index (χ1) is 12.6. The van der Waals surface area contributed by atoms with Crippen LogP contribution in [0.1, 0.15) is 5.01 Å². The molecular formula is C17H15FN4O3S. The van der Waals surface area contributed by atoms with Gasteiger partial charge in [0.1, 0.15) is 12.4 Å². The van der Waals surface area contributed by atoms with Crippen LogP contribution in [0.2, 0.25) is 0 Å². The highest BCUT2D eigenvalue weighted by Crippen LogP contribution is 2.21. The van der Waals surface area contributed by atoms with Gasteiger partial charge in [0.15, 0.2) is 16.6 Å². The third kappa shape index (κ3) is 4.67. The van der Waals surface area contributed by atoms with E-state index >= 15 is 0 Å². The van der Waals surface area contributed by atoms with Gasteiger partial charge in [-0.3, -0.25) is 5.32 Å². The van der Waals surface area contributed by atoms with E-state index in [2.05, 4.69) is 20.8 Å². The fourth-order valence-electron chi connectivity index (χ4n) is 2.00. The number of carbonyl (C=O) groups is 1. The molecule has 3 aromatic rings. The number of ether oxygens (including phenoxy) is 2. The van der Waals surface area contributed by atoms with Crippen LogP contribution in [0.15, 0.2) is 48.5 Å². The minimum absolute atomic E-state index is 0.0559. The summed E-state index contributed by atoms with van der Waals surface area (Å²) in [6.45, 7) is 0.0559. The molecule has 0 unspecified atom stereocenters. The number of benzene rings is 2. The van der Waals surface area contributed by atoms with Gasteiger partial charge in [-0.05, 0) is 36.4 Å². The second-order valence-electron chi connectivity index (χ2n) is 5.03. The van der Waals surface area contributed by atoms with E-state index in [9.17, 15) is 9.18 Å². The van der Waals surface area contributed by atoms with Gasteiger partial charge in [0.25, 0.3) is 0 Å². The smallest absolute Gasteiger partial charge is 0.325 e. The molecule has 0 fully saturated rings. The van der Waals surface area contributed by atoms with Gasteiger partial charge in [-0.1, -0.05) is 23.5 Å². The molecule has 0 spiro atoms. The number of hydrogen-bond acceptors (Lipinski definition) is 6. The van der Waals surface area contributed by atoms with Gasteiger partial charge >= 0.3 is 6.03 Å². The van der Waals surface area contributed by atoms with Crippen LogP contribution in [0, 0.1) is 5.82 Å². The zero-order chi connectivity index (χ0) is 18.4. The van der Waals surface area contributed by atoms with E-state index in [1.54, 1.807) is 43.5 Å². The Bertz CT molecular complexity index is 886. The van der Waals surface area contributed by atoms with Crippen molar-refractivity contribution >= 4 is 28.2 Å². The Hall–Kier alpha value is -3.20. The van der Waals surface area contributed by atoms with E-state index in [-0.39, 0.29) is 12.4 Å². The van der Waals surface area contributed by atoms with Gasteiger partial charge in [0.05, 0.1) is 7.11 Å². The summed E-state index contributed by atoms with van der Waals surface area (Å²) >= 11 is 1.14. The summed E-state index contributed by atoms with van der Waals surface area (Å²) in [5.74, 6) is 0.378. The number of carbonyl (C=O) groups excluding carboxylic acids is 1. The lowest BCUT2D eigenvalue weighted by atomic mass is 10.3. The number of aromatic nitrogens is 2. The summed E-state index contributed by atoms with van der Waals surface area (Å²) in [5.41, 5.74) is 0.607. The Morgan fingerprint density at radius 2 is 1.88 bits per heavy atom. The number of nitrogens with zero attached hydrogens (tertiary/aromatic N) is 2. The van der Waals surface area contributed by atoms with Crippen molar-refractivity contribution in [2.45, 2.75) is 6.61 Å². The lowest BCUT2D eigenvalue weighted by Gasteiger charge is -2.06. The van der Waals surface area contributed by atoms with Gasteiger partial charge in [0.2, 0.25) is 5.13 Å². The number of methoxy groups -OCH3 is 1. The van der Waals surface area contributed by atoms with Crippen molar-refractivity contribution < 1.29 is 18.7 Å². The summed E-state index contributed by atoms with van der Waals surface area (Å²) in [5, 5.41) is 13.8. The summed E-state index contributed by atoms with van der Waals surface area (Å²) in [7, 11) is 1.57. The van der Waals surface area contributed by atoms with E-state index in [1.165, 1.54) is 12.1 Å². The van der Waals surface area contributed by atoms with Crippen LogP contribution in [0.3, 0.4) is 0 Å². The van der Waals surface area contributed by atoms with Crippen LogP contribution in [-0.2, 0) is 6.61 Å². The predicted molar refractivity (Wildman–Crippen MR) is 96.3 cm³/mol. The van der Waals surface area contributed by atoms with Crippen LogP contribution in [0.4, 0.5) is 20.0 Å². The maximum absolute atomic E-state index is 13.5. The molecule has 0 bridgehead atoms. The molecule has 26 heavy (non-hydrogen) atoms. The Balaban J connectivity index is 1.52. The zero-order valence-electron chi connectivity index (χ0n) is 13.7. The topological polar surface area (TPSA) is 85.4 Å². The van der Waals surface area contributed by atoms with Crippen molar-refractivity contribution in [1.82, 2.24) is 10.2 Å². The van der Waals surface area contributed by atoms with Crippen LogP contribution in [-0.4, -0.2) is 23.3 Å². The first-order valence-corrected chi connectivity index (χ1v) is 8.37. The highest BCUT2D eigenvalue weighted by molar-refractivity contribution is 7.15. The summed E-state index contributed by atoms with van der Waals surface area (Å²) < 4.78 is 23.9. The standard InChI is InChI=1S/C17H15FN4O3S/c1-24-12-8-6-11(7-9-12)19-16(23)20-17-22-21-15(26-17)10-25-14-5-3-2-4-13(14)18/h2-9H,10H2,1H3,(H2,19,20,22,23). The monoisotopic (exact) mass is 374 g/mol. The minimum atomic E-state index is -0.451. The Morgan fingerprint density at radius 1 is 1.12 bits per heavy atom. The Labute approximate surface area is 152 Å². The van der Waals surface area contributed by atoms with Gasteiger partial charge < -0.3 is 14.8 Å². The first kappa shape index (κ1) is 17.6. The molecule has 7 nitrogen and oxygen atoms in total. The minimum Gasteiger partial charge on any atom is -0.497 e. The van der Waals surface area contributed by atoms with Crippen molar-refractivity contribution in [3.8, 4) is 11.5 Å². The molecule has 0 radical (unpaired) electrons. The number of urea groups is 1. The van der Waals surface area contributed by atoms with E-state index in [4.69, 9.17) is 9.47 Å². The fraction of sp³-hybridized carbons (Fsp3) is 0.118. The maximum Gasteiger partial charge on any atom is 0.325 e. The first-order valence-electron chi connectivity index (χ1n) is 7.56. The van der Waals surface area contributed by atoms with E-state index < -0.39 is 11.8 Å². The molecular weight excluding hydrogens is 359 g/mol. The lowest BCUT2D eigenvalue weighted by molar-refractivity contribution is 0.262. The van der Waals surface area contributed by atoms with E-state index in [1.807, 2.05) is 0 Å². The van der Waals surface area contributed by atoms with Crippen LogP contribution < -0.4 is 20.1 Å². The van der Waals surface area contributed by atoms with Crippen molar-refractivity contribution in [3.63, 3.8) is 0 Å². The van der Waals surface area contributed by atoms with Gasteiger partial charge in [-0.25, -0.2) is 9.18 Å². The number of hydrogen-bond donors (Lipinski definition) is 2. The predicted octanol–water partition coefficient (Wildman–Crippen LogP) is 3.91. The molecule has 0 aliphatic carbocycles. The Morgan fingerprint density at radius 3 is 2.62 bits per heavy atom. The molecule has 0 atom stereocenters. The Kier molecular flexibility index (Phi) is 5.59. The molecule has 1 aromatic heterocycles. The largest absolute Gasteiger partial charge is 0.497 e. The molecule has 3 rings (SSSR count). The fourth-order valence-corrected chi connectivity index (χ4v) is 2.65. The third-order valence-electron chi connectivity index (χ3n) is 3.22. The number of para-hydroxylation sites is 1. The molecule has 9 heteroatoms. The van der Waals surface area contributed by atoms with Crippen molar-refractivity contribution in [2.75, 3.05) is 17.7 Å². The summed E-state index contributed by atoms with van der Waals surface area (Å²) in [6, 6.07) is 12.5. The molecule has 134 valence electrons. The molecule has 0 aliphatic heterocycles. The van der Waals surface area contributed by atoms with Crippen molar-refractivity contribution in [3.05, 3.63) is 59.4 Å². The number of amides is 2. The highest BCUT2D eigenvalue weighted by Gasteiger charge is 2.10. The number of nitrogens with one attached hydrogen (secondary N) is 2. The van der Waals surface area contributed by atoms with Gasteiger partial charge in [-0.15, -0.1) is 10.2 Å². The quantitative estimate of drug-likeness (QED) is 0.683. The van der Waals surface area contributed by atoms with Crippen molar-refractivity contribution in [2.24, 2.45) is 0 Å². The molecule has 0 saturated heterocycles. The average Bonchev–Trinajstić information content (AvgIpc) is 3.09. The van der Waals surface area contributed by atoms with Gasteiger partial charge in [-0.2, -0.15) is 0 Å². The third-order valence-corrected chi connectivity index (χ3v) is 4.04.